The first-order valence-corrected chi connectivity index (χ1v) is 10.3. The summed E-state index contributed by atoms with van der Waals surface area (Å²) in [5.41, 5.74) is 2.63. The van der Waals surface area contributed by atoms with Gasteiger partial charge in [-0.15, -0.1) is 0 Å². The second kappa shape index (κ2) is 9.43. The van der Waals surface area contributed by atoms with Crippen molar-refractivity contribution in [3.63, 3.8) is 0 Å². The second-order valence-corrected chi connectivity index (χ2v) is 7.78. The Bertz CT molecular complexity index is 728. The van der Waals surface area contributed by atoms with Gasteiger partial charge in [-0.25, -0.2) is 13.2 Å². The van der Waals surface area contributed by atoms with Gasteiger partial charge in [0.2, 0.25) is 0 Å². The Labute approximate surface area is 160 Å². The molecule has 3 rings (SSSR count). The van der Waals surface area contributed by atoms with E-state index in [-0.39, 0.29) is 0 Å². The van der Waals surface area contributed by atoms with Crippen LogP contribution in [0.4, 0.5) is 13.2 Å². The van der Waals surface area contributed by atoms with Gasteiger partial charge in [-0.2, -0.15) is 0 Å². The van der Waals surface area contributed by atoms with Crippen molar-refractivity contribution in [3.05, 3.63) is 59.2 Å². The van der Waals surface area contributed by atoms with Crippen molar-refractivity contribution in [1.29, 1.82) is 0 Å². The molecule has 0 amide bonds. The summed E-state index contributed by atoms with van der Waals surface area (Å²) in [5, 5.41) is 0. The molecule has 0 N–H and O–H groups in total. The van der Waals surface area contributed by atoms with Crippen LogP contribution < -0.4 is 0 Å². The Kier molecular flexibility index (Phi) is 6.98. The fourth-order valence-electron chi connectivity index (χ4n) is 4.07. The number of unbranched alkanes of at least 4 members (excludes halogenated alkanes) is 3. The van der Waals surface area contributed by atoms with Crippen LogP contribution in [0.15, 0.2) is 36.4 Å². The van der Waals surface area contributed by atoms with Crippen LogP contribution in [0.3, 0.4) is 0 Å². The lowest BCUT2D eigenvalue weighted by Gasteiger charge is -2.24. The summed E-state index contributed by atoms with van der Waals surface area (Å²) in [6.45, 7) is 2.13. The summed E-state index contributed by atoms with van der Waals surface area (Å²) in [6, 6.07) is 11.1. The van der Waals surface area contributed by atoms with Crippen LogP contribution in [0, 0.1) is 11.6 Å². The predicted octanol–water partition coefficient (Wildman–Crippen LogP) is 7.75. The molecule has 27 heavy (non-hydrogen) atoms. The van der Waals surface area contributed by atoms with E-state index in [0.717, 1.165) is 38.5 Å². The number of aryl methyl sites for hydroxylation is 1. The van der Waals surface area contributed by atoms with Gasteiger partial charge >= 0.3 is 0 Å². The minimum atomic E-state index is -0.756. The minimum absolute atomic E-state index is 0.309. The Balaban J connectivity index is 1.71. The highest BCUT2D eigenvalue weighted by molar-refractivity contribution is 5.65. The van der Waals surface area contributed by atoms with Crippen LogP contribution in [-0.2, 0) is 6.42 Å². The van der Waals surface area contributed by atoms with Crippen molar-refractivity contribution in [2.45, 2.75) is 76.8 Å². The molecule has 0 radical (unpaired) electrons. The van der Waals surface area contributed by atoms with Gasteiger partial charge in [-0.3, -0.25) is 0 Å². The summed E-state index contributed by atoms with van der Waals surface area (Å²) >= 11 is 0. The van der Waals surface area contributed by atoms with E-state index >= 15 is 0 Å². The van der Waals surface area contributed by atoms with E-state index in [9.17, 15) is 13.2 Å². The van der Waals surface area contributed by atoms with Crippen LogP contribution in [-0.4, -0.2) is 6.17 Å². The zero-order valence-corrected chi connectivity index (χ0v) is 16.1. The van der Waals surface area contributed by atoms with Gasteiger partial charge in [0, 0.05) is 5.56 Å². The molecular formula is C24H29F3. The number of alkyl halides is 1. The van der Waals surface area contributed by atoms with Crippen molar-refractivity contribution in [1.82, 2.24) is 0 Å². The molecule has 3 heteroatoms. The molecular weight excluding hydrogens is 345 g/mol. The van der Waals surface area contributed by atoms with Crippen LogP contribution in [0.1, 0.15) is 75.3 Å². The molecule has 2 aromatic rings. The average Bonchev–Trinajstić information content (AvgIpc) is 2.69. The molecule has 1 fully saturated rings. The summed E-state index contributed by atoms with van der Waals surface area (Å²) in [6.07, 6.45) is 7.05. The highest BCUT2D eigenvalue weighted by atomic mass is 19.2. The predicted molar refractivity (Wildman–Crippen MR) is 106 cm³/mol. The minimum Gasteiger partial charge on any atom is -0.247 e. The summed E-state index contributed by atoms with van der Waals surface area (Å²) in [5.74, 6) is -1.10. The van der Waals surface area contributed by atoms with E-state index in [0.29, 0.717) is 41.9 Å². The molecule has 1 saturated carbocycles. The van der Waals surface area contributed by atoms with Gasteiger partial charge < -0.3 is 0 Å². The molecule has 0 nitrogen and oxygen atoms in total. The van der Waals surface area contributed by atoms with Crippen molar-refractivity contribution >= 4 is 0 Å². The number of hydrogen-bond donors (Lipinski definition) is 0. The van der Waals surface area contributed by atoms with Gasteiger partial charge in [-0.05, 0) is 61.1 Å². The lowest BCUT2D eigenvalue weighted by Crippen LogP contribution is -2.13. The third kappa shape index (κ3) is 4.94. The van der Waals surface area contributed by atoms with E-state index in [1.807, 2.05) is 24.3 Å². The van der Waals surface area contributed by atoms with Crippen molar-refractivity contribution in [3.8, 4) is 11.1 Å². The average molecular weight is 374 g/mol. The van der Waals surface area contributed by atoms with Crippen LogP contribution in [0.5, 0.6) is 0 Å². The van der Waals surface area contributed by atoms with E-state index in [1.165, 1.54) is 5.56 Å². The van der Waals surface area contributed by atoms with Gasteiger partial charge in [-0.1, -0.05) is 62.6 Å². The standard InChI is InChI=1S/C24H29F3/c1-2-3-4-5-6-20-13-16-22(24(27)23(20)26)19-9-7-17(8-10-19)18-11-14-21(25)15-12-18/h7-10,13,16,18,21H,2-6,11-12,14-15H2,1H3. The van der Waals surface area contributed by atoms with Gasteiger partial charge in [0.15, 0.2) is 11.6 Å². The van der Waals surface area contributed by atoms with Gasteiger partial charge in [0.1, 0.15) is 6.17 Å². The Morgan fingerprint density at radius 3 is 2.19 bits per heavy atom. The molecule has 0 spiro atoms. The second-order valence-electron chi connectivity index (χ2n) is 7.78. The number of rotatable bonds is 7. The van der Waals surface area contributed by atoms with Gasteiger partial charge in [0.25, 0.3) is 0 Å². The molecule has 0 saturated heterocycles. The Morgan fingerprint density at radius 1 is 0.815 bits per heavy atom. The zero-order chi connectivity index (χ0) is 19.2. The Hall–Kier alpha value is -1.77. The lowest BCUT2D eigenvalue weighted by atomic mass is 9.83. The molecule has 0 bridgehead atoms. The maximum atomic E-state index is 14.6. The van der Waals surface area contributed by atoms with E-state index in [1.54, 1.807) is 12.1 Å². The first kappa shape index (κ1) is 20.0. The molecule has 1 aliphatic carbocycles. The third-order valence-electron chi connectivity index (χ3n) is 5.81. The van der Waals surface area contributed by atoms with E-state index in [4.69, 9.17) is 0 Å². The molecule has 0 aliphatic heterocycles. The first-order chi connectivity index (χ1) is 13.1. The van der Waals surface area contributed by atoms with E-state index < -0.39 is 17.8 Å². The molecule has 0 unspecified atom stereocenters. The SMILES string of the molecule is CCCCCCc1ccc(-c2ccc(C3CCC(F)CC3)cc2)c(F)c1F. The molecule has 146 valence electrons. The number of hydrogen-bond acceptors (Lipinski definition) is 0. The third-order valence-corrected chi connectivity index (χ3v) is 5.81. The molecule has 0 aromatic heterocycles. The summed E-state index contributed by atoms with van der Waals surface area (Å²) in [4.78, 5) is 0. The maximum absolute atomic E-state index is 14.6. The largest absolute Gasteiger partial charge is 0.247 e. The first-order valence-electron chi connectivity index (χ1n) is 10.3. The lowest BCUT2D eigenvalue weighted by molar-refractivity contribution is 0.235. The summed E-state index contributed by atoms with van der Waals surface area (Å²) in [7, 11) is 0. The van der Waals surface area contributed by atoms with Gasteiger partial charge in [0.05, 0.1) is 0 Å². The van der Waals surface area contributed by atoms with Crippen molar-refractivity contribution in [2.75, 3.05) is 0 Å². The normalized spacial score (nSPS) is 20.0. The molecule has 1 aliphatic rings. The van der Waals surface area contributed by atoms with Crippen LogP contribution in [0.2, 0.25) is 0 Å². The highest BCUT2D eigenvalue weighted by Gasteiger charge is 2.22. The van der Waals surface area contributed by atoms with Crippen LogP contribution in [0.25, 0.3) is 11.1 Å². The number of halogens is 3. The topological polar surface area (TPSA) is 0 Å². The van der Waals surface area contributed by atoms with Crippen molar-refractivity contribution in [2.24, 2.45) is 0 Å². The van der Waals surface area contributed by atoms with Crippen molar-refractivity contribution < 1.29 is 13.2 Å². The monoisotopic (exact) mass is 374 g/mol. The maximum Gasteiger partial charge on any atom is 0.166 e. The zero-order valence-electron chi connectivity index (χ0n) is 16.1. The van der Waals surface area contributed by atoms with E-state index in [2.05, 4.69) is 6.92 Å². The summed E-state index contributed by atoms with van der Waals surface area (Å²) < 4.78 is 42.4. The smallest absolute Gasteiger partial charge is 0.166 e. The fourth-order valence-corrected chi connectivity index (χ4v) is 4.07. The van der Waals surface area contributed by atoms with Crippen LogP contribution >= 0.6 is 0 Å². The molecule has 0 atom stereocenters. The fraction of sp³-hybridized carbons (Fsp3) is 0.500. The Morgan fingerprint density at radius 2 is 1.52 bits per heavy atom. The molecule has 2 aromatic carbocycles. The highest BCUT2D eigenvalue weighted by Crippen LogP contribution is 2.35. The molecule has 0 heterocycles. The number of benzene rings is 2. The quantitative estimate of drug-likeness (QED) is 0.435.